The van der Waals surface area contributed by atoms with Crippen LogP contribution in [0.3, 0.4) is 0 Å². The number of carbonyl (C=O) groups is 1. The maximum Gasteiger partial charge on any atom is 0.405 e. The number of pyridine rings is 1. The highest BCUT2D eigenvalue weighted by Crippen LogP contribution is 2.41. The van der Waals surface area contributed by atoms with Crippen LogP contribution in [0.1, 0.15) is 24.1 Å². The first kappa shape index (κ1) is 19.0. The van der Waals surface area contributed by atoms with Gasteiger partial charge in [-0.3, -0.25) is 4.79 Å². The molecular weight excluding hydrogens is 388 g/mol. The van der Waals surface area contributed by atoms with E-state index in [2.05, 4.69) is 10.3 Å². The molecule has 7 heteroatoms. The first-order chi connectivity index (χ1) is 13.9. The van der Waals surface area contributed by atoms with Gasteiger partial charge in [0.1, 0.15) is 10.4 Å². The number of fused-ring (bicyclic) bond motifs is 3. The summed E-state index contributed by atoms with van der Waals surface area (Å²) in [5.74, 6) is 0.721. The molecule has 2 heterocycles. The van der Waals surface area contributed by atoms with Gasteiger partial charge in [-0.2, -0.15) is 0 Å². The fraction of sp³-hybridized carbons (Fsp3) is 0.182. The molecule has 0 fully saturated rings. The third kappa shape index (κ3) is 3.23. The number of aromatic nitrogens is 1. The summed E-state index contributed by atoms with van der Waals surface area (Å²) in [5.41, 5.74) is 4.32. The van der Waals surface area contributed by atoms with Crippen molar-refractivity contribution < 1.29 is 14.6 Å². The average Bonchev–Trinajstić information content (AvgIpc) is 3.19. The fourth-order valence-corrected chi connectivity index (χ4v) is 4.52. The molecule has 0 saturated heterocycles. The normalized spacial score (nSPS) is 12.2. The predicted octanol–water partition coefficient (Wildman–Crippen LogP) is 5.06. The van der Waals surface area contributed by atoms with Crippen LogP contribution in [0.5, 0.6) is 5.75 Å². The quantitative estimate of drug-likeness (QED) is 0.440. The molecule has 6 nitrogen and oxygen atoms in total. The lowest BCUT2D eigenvalue weighted by Gasteiger charge is -2.17. The number of rotatable bonds is 4. The van der Waals surface area contributed by atoms with Crippen molar-refractivity contribution in [3.05, 3.63) is 63.3 Å². The molecule has 0 aliphatic carbocycles. The summed E-state index contributed by atoms with van der Waals surface area (Å²) in [6.07, 6.45) is -1.06. The zero-order valence-corrected chi connectivity index (χ0v) is 17.0. The highest BCUT2D eigenvalue weighted by Gasteiger charge is 2.18. The number of hydrogen-bond acceptors (Lipinski definition) is 4. The summed E-state index contributed by atoms with van der Waals surface area (Å²) in [7, 11) is 1.63. The Morgan fingerprint density at radius 1 is 1.24 bits per heavy atom. The molecule has 3 N–H and O–H groups in total. The molecule has 0 saturated carbocycles. The van der Waals surface area contributed by atoms with Crippen molar-refractivity contribution in [2.75, 3.05) is 7.11 Å². The van der Waals surface area contributed by atoms with E-state index in [0.29, 0.717) is 4.70 Å². The number of amides is 1. The molecule has 29 heavy (non-hydrogen) atoms. The summed E-state index contributed by atoms with van der Waals surface area (Å²) in [6.45, 7) is 3.75. The second kappa shape index (κ2) is 7.25. The molecule has 4 rings (SSSR count). The highest BCUT2D eigenvalue weighted by atomic mass is 32.1. The van der Waals surface area contributed by atoms with Crippen LogP contribution >= 0.6 is 11.3 Å². The minimum atomic E-state index is -1.06. The topological polar surface area (TPSA) is 91.4 Å². The van der Waals surface area contributed by atoms with Crippen molar-refractivity contribution in [2.24, 2.45) is 0 Å². The van der Waals surface area contributed by atoms with Crippen LogP contribution in [0.2, 0.25) is 0 Å². The molecule has 0 spiro atoms. The van der Waals surface area contributed by atoms with E-state index in [-0.39, 0.29) is 11.6 Å². The van der Waals surface area contributed by atoms with E-state index in [1.807, 2.05) is 48.7 Å². The summed E-state index contributed by atoms with van der Waals surface area (Å²) in [4.78, 5) is 26.4. The fourth-order valence-electron chi connectivity index (χ4n) is 3.72. The minimum Gasteiger partial charge on any atom is -0.496 e. The Morgan fingerprint density at radius 2 is 1.97 bits per heavy atom. The van der Waals surface area contributed by atoms with E-state index in [9.17, 15) is 9.59 Å². The van der Waals surface area contributed by atoms with E-state index in [1.165, 1.54) is 11.3 Å². The third-order valence-corrected chi connectivity index (χ3v) is 6.04. The molecule has 2 aromatic carbocycles. The third-order valence-electron chi connectivity index (χ3n) is 5.13. The van der Waals surface area contributed by atoms with Gasteiger partial charge in [-0.25, -0.2) is 4.79 Å². The molecule has 1 amide bonds. The number of methoxy groups -OCH3 is 1. The number of hydrogen-bond donors (Lipinski definition) is 3. The van der Waals surface area contributed by atoms with Crippen molar-refractivity contribution in [2.45, 2.75) is 19.9 Å². The van der Waals surface area contributed by atoms with Gasteiger partial charge in [-0.05, 0) is 48.1 Å². The van der Waals surface area contributed by atoms with Gasteiger partial charge >= 0.3 is 6.09 Å². The van der Waals surface area contributed by atoms with Gasteiger partial charge in [0.05, 0.1) is 18.7 Å². The van der Waals surface area contributed by atoms with Gasteiger partial charge in [0.25, 0.3) is 5.56 Å². The van der Waals surface area contributed by atoms with E-state index in [4.69, 9.17) is 9.84 Å². The zero-order chi connectivity index (χ0) is 20.7. The number of benzene rings is 2. The van der Waals surface area contributed by atoms with Gasteiger partial charge in [0.2, 0.25) is 0 Å². The molecule has 0 aliphatic heterocycles. The molecule has 0 radical (unpaired) electrons. The van der Waals surface area contributed by atoms with Crippen molar-refractivity contribution in [1.29, 1.82) is 0 Å². The van der Waals surface area contributed by atoms with Crippen molar-refractivity contribution in [3.63, 3.8) is 0 Å². The molecule has 148 valence electrons. The Hall–Kier alpha value is -3.32. The Labute approximate surface area is 170 Å². The van der Waals surface area contributed by atoms with E-state index >= 15 is 0 Å². The molecule has 4 aromatic rings. The largest absolute Gasteiger partial charge is 0.496 e. The van der Waals surface area contributed by atoms with E-state index in [0.717, 1.165) is 44.3 Å². The minimum absolute atomic E-state index is 0.0920. The lowest BCUT2D eigenvalue weighted by Crippen LogP contribution is -2.24. The maximum absolute atomic E-state index is 12.5. The van der Waals surface area contributed by atoms with Gasteiger partial charge in [0, 0.05) is 16.3 Å². The number of nitrogens with one attached hydrogen (secondary N) is 2. The first-order valence-corrected chi connectivity index (χ1v) is 9.99. The Balaban J connectivity index is 1.98. The summed E-state index contributed by atoms with van der Waals surface area (Å²) >= 11 is 1.42. The standard InChI is InChI=1S/C22H20N2O4S/c1-11-10-16(28-3)17(14-6-4-13(5-7-14)12(2)23-22(26)27)18-15-8-9-29-20(15)21(25)24-19(11)18/h4-10,12,23H,1-3H3,(H,24,25)(H,26,27). The Morgan fingerprint density at radius 3 is 2.62 bits per heavy atom. The number of thiophene rings is 1. The number of carboxylic acid groups (broad SMARTS) is 1. The second-order valence-corrected chi connectivity index (χ2v) is 7.85. The van der Waals surface area contributed by atoms with Crippen LogP contribution in [0.25, 0.3) is 32.1 Å². The van der Waals surface area contributed by atoms with Crippen LogP contribution in [0.4, 0.5) is 4.79 Å². The van der Waals surface area contributed by atoms with Crippen LogP contribution in [-0.4, -0.2) is 23.3 Å². The predicted molar refractivity (Wildman–Crippen MR) is 116 cm³/mol. The number of H-pyrrole nitrogens is 1. The summed E-state index contributed by atoms with van der Waals surface area (Å²) in [5, 5.41) is 15.2. The highest BCUT2D eigenvalue weighted by molar-refractivity contribution is 7.17. The van der Waals surface area contributed by atoms with Crippen molar-refractivity contribution in [3.8, 4) is 16.9 Å². The number of ether oxygens (including phenoxy) is 1. The maximum atomic E-state index is 12.5. The van der Waals surface area contributed by atoms with Crippen LogP contribution in [0.15, 0.2) is 46.6 Å². The lowest BCUT2D eigenvalue weighted by atomic mass is 9.94. The number of aromatic amines is 1. The zero-order valence-electron chi connectivity index (χ0n) is 16.2. The molecule has 0 aliphatic rings. The Kier molecular flexibility index (Phi) is 4.76. The molecule has 2 aromatic heterocycles. The lowest BCUT2D eigenvalue weighted by molar-refractivity contribution is 0.191. The van der Waals surface area contributed by atoms with Crippen LogP contribution < -0.4 is 15.6 Å². The van der Waals surface area contributed by atoms with Crippen molar-refractivity contribution >= 4 is 38.4 Å². The monoisotopic (exact) mass is 408 g/mol. The first-order valence-electron chi connectivity index (χ1n) is 9.11. The van der Waals surface area contributed by atoms with Crippen LogP contribution in [-0.2, 0) is 0 Å². The molecule has 1 unspecified atom stereocenters. The molecular formula is C22H20N2O4S. The van der Waals surface area contributed by atoms with Crippen LogP contribution in [0, 0.1) is 6.92 Å². The van der Waals surface area contributed by atoms with E-state index < -0.39 is 6.09 Å². The van der Waals surface area contributed by atoms with Gasteiger partial charge in [-0.15, -0.1) is 11.3 Å². The second-order valence-electron chi connectivity index (χ2n) is 6.93. The molecule has 0 bridgehead atoms. The average molecular weight is 408 g/mol. The summed E-state index contributed by atoms with van der Waals surface area (Å²) < 4.78 is 6.38. The van der Waals surface area contributed by atoms with Crippen molar-refractivity contribution in [1.82, 2.24) is 10.3 Å². The number of aryl methyl sites for hydroxylation is 1. The smallest absolute Gasteiger partial charge is 0.405 e. The van der Waals surface area contributed by atoms with Gasteiger partial charge in [-0.1, -0.05) is 24.3 Å². The van der Waals surface area contributed by atoms with Gasteiger partial charge < -0.3 is 20.1 Å². The molecule has 1 atom stereocenters. The SMILES string of the molecule is COc1cc(C)c2[nH]c(=O)c3sccc3c2c1-c1ccc(C(C)NC(=O)O)cc1. The van der Waals surface area contributed by atoms with E-state index in [1.54, 1.807) is 14.0 Å². The summed E-state index contributed by atoms with van der Waals surface area (Å²) in [6, 6.07) is 11.3. The Bertz CT molecular complexity index is 1290. The van der Waals surface area contributed by atoms with Gasteiger partial charge in [0.15, 0.2) is 0 Å².